The number of rotatable bonds is 5. The summed E-state index contributed by atoms with van der Waals surface area (Å²) in [6.07, 6.45) is 0.462. The van der Waals surface area contributed by atoms with E-state index in [4.69, 9.17) is 5.73 Å². The first-order chi connectivity index (χ1) is 8.04. The number of nitrogens with one attached hydrogen (secondary N) is 1. The second-order valence-electron chi connectivity index (χ2n) is 3.38. The minimum Gasteiger partial charge on any atom is -0.433 e. The minimum absolute atomic E-state index is 0.0841. The van der Waals surface area contributed by atoms with Gasteiger partial charge in [0.15, 0.2) is 0 Å². The summed E-state index contributed by atoms with van der Waals surface area (Å²) in [6, 6.07) is 5.28. The summed E-state index contributed by atoms with van der Waals surface area (Å²) in [5, 5.41) is 2.44. The molecule has 0 bridgehead atoms. The Labute approximate surface area is 97.8 Å². The van der Waals surface area contributed by atoms with E-state index in [1.807, 2.05) is 0 Å². The molecular weight excluding hydrogens is 230 g/mol. The lowest BCUT2D eigenvalue weighted by molar-refractivity contribution is -0.117. The molecule has 1 aromatic rings. The van der Waals surface area contributed by atoms with Gasteiger partial charge in [-0.1, -0.05) is 19.1 Å². The van der Waals surface area contributed by atoms with Gasteiger partial charge in [-0.15, -0.1) is 0 Å². The fraction of sp³-hybridized carbons (Fsp3) is 0.364. The molecule has 1 aromatic carbocycles. The third-order valence-electron chi connectivity index (χ3n) is 2.14. The number of ether oxygens (including phenoxy) is 1. The van der Waals surface area contributed by atoms with Crippen molar-refractivity contribution in [3.05, 3.63) is 24.3 Å². The van der Waals surface area contributed by atoms with Gasteiger partial charge in [-0.3, -0.25) is 4.79 Å². The van der Waals surface area contributed by atoms with E-state index >= 15 is 0 Å². The molecule has 94 valence electrons. The lowest BCUT2D eigenvalue weighted by atomic mass is 10.2. The van der Waals surface area contributed by atoms with Gasteiger partial charge in [-0.05, 0) is 18.6 Å². The van der Waals surface area contributed by atoms with Crippen LogP contribution in [0.2, 0.25) is 0 Å². The molecule has 0 saturated carbocycles. The van der Waals surface area contributed by atoms with Crippen molar-refractivity contribution >= 4 is 11.6 Å². The van der Waals surface area contributed by atoms with Crippen molar-refractivity contribution in [3.63, 3.8) is 0 Å². The first kappa shape index (κ1) is 13.4. The summed E-state index contributed by atoms with van der Waals surface area (Å²) in [6.45, 7) is -1.18. The number of halogens is 2. The normalized spacial score (nSPS) is 12.3. The lowest BCUT2D eigenvalue weighted by Crippen LogP contribution is -2.34. The summed E-state index contributed by atoms with van der Waals surface area (Å²) in [5.41, 5.74) is 5.70. The second kappa shape index (κ2) is 6.15. The summed E-state index contributed by atoms with van der Waals surface area (Å²) in [4.78, 5) is 11.5. The van der Waals surface area contributed by atoms with E-state index in [-0.39, 0.29) is 11.4 Å². The summed E-state index contributed by atoms with van der Waals surface area (Å²) in [7, 11) is 0. The molecule has 0 aromatic heterocycles. The number of amides is 1. The number of carbonyl (C=O) groups excluding carboxylic acids is 1. The Morgan fingerprint density at radius 2 is 2.12 bits per heavy atom. The molecule has 0 aliphatic carbocycles. The standard InChI is InChI=1S/C11H14F2N2O2/c1-2-7(14)10(16)15-8-5-3-4-6-9(8)17-11(12)13/h3-7,11H,2,14H2,1H3,(H,15,16)/t7-/m0/s1. The third kappa shape index (κ3) is 3.99. The Bertz CT molecular complexity index is 385. The quantitative estimate of drug-likeness (QED) is 0.832. The number of alkyl halides is 2. The zero-order valence-corrected chi connectivity index (χ0v) is 9.32. The first-order valence-corrected chi connectivity index (χ1v) is 5.15. The van der Waals surface area contributed by atoms with Gasteiger partial charge in [-0.25, -0.2) is 0 Å². The molecule has 1 atom stereocenters. The number of anilines is 1. The Morgan fingerprint density at radius 1 is 1.47 bits per heavy atom. The first-order valence-electron chi connectivity index (χ1n) is 5.15. The maximum atomic E-state index is 12.1. The van der Waals surface area contributed by atoms with E-state index < -0.39 is 18.6 Å². The van der Waals surface area contributed by atoms with Crippen LogP contribution in [0.25, 0.3) is 0 Å². The maximum absolute atomic E-state index is 12.1. The monoisotopic (exact) mass is 244 g/mol. The average molecular weight is 244 g/mol. The highest BCUT2D eigenvalue weighted by Crippen LogP contribution is 2.25. The fourth-order valence-electron chi connectivity index (χ4n) is 1.18. The summed E-state index contributed by atoms with van der Waals surface area (Å²) in [5.74, 6) is -0.517. The molecule has 0 saturated heterocycles. The Morgan fingerprint density at radius 3 is 2.71 bits per heavy atom. The highest BCUT2D eigenvalue weighted by atomic mass is 19.3. The van der Waals surface area contributed by atoms with Crippen LogP contribution in [0.1, 0.15) is 13.3 Å². The maximum Gasteiger partial charge on any atom is 0.387 e. The number of hydrogen-bond donors (Lipinski definition) is 2. The molecule has 0 spiro atoms. The van der Waals surface area contributed by atoms with Crippen molar-refractivity contribution in [2.24, 2.45) is 5.73 Å². The van der Waals surface area contributed by atoms with Crippen molar-refractivity contribution in [1.82, 2.24) is 0 Å². The molecule has 0 aliphatic rings. The lowest BCUT2D eigenvalue weighted by Gasteiger charge is -2.13. The molecule has 3 N–H and O–H groups in total. The van der Waals surface area contributed by atoms with Crippen LogP contribution in [0.15, 0.2) is 24.3 Å². The van der Waals surface area contributed by atoms with Crippen molar-refractivity contribution in [2.45, 2.75) is 26.0 Å². The van der Waals surface area contributed by atoms with E-state index in [1.165, 1.54) is 18.2 Å². The molecule has 6 heteroatoms. The van der Waals surface area contributed by atoms with Crippen molar-refractivity contribution in [3.8, 4) is 5.75 Å². The minimum atomic E-state index is -2.94. The predicted molar refractivity (Wildman–Crippen MR) is 60.0 cm³/mol. The van der Waals surface area contributed by atoms with Crippen LogP contribution < -0.4 is 15.8 Å². The van der Waals surface area contributed by atoms with Gasteiger partial charge in [0.1, 0.15) is 5.75 Å². The van der Waals surface area contributed by atoms with Gasteiger partial charge in [0, 0.05) is 0 Å². The van der Waals surface area contributed by atoms with Crippen LogP contribution in [0.5, 0.6) is 5.75 Å². The van der Waals surface area contributed by atoms with E-state index in [9.17, 15) is 13.6 Å². The fourth-order valence-corrected chi connectivity index (χ4v) is 1.18. The van der Waals surface area contributed by atoms with Gasteiger partial charge < -0.3 is 15.8 Å². The van der Waals surface area contributed by atoms with E-state index in [0.717, 1.165) is 0 Å². The third-order valence-corrected chi connectivity index (χ3v) is 2.14. The van der Waals surface area contributed by atoms with Gasteiger partial charge in [-0.2, -0.15) is 8.78 Å². The average Bonchev–Trinajstić information content (AvgIpc) is 2.29. The van der Waals surface area contributed by atoms with E-state index in [0.29, 0.717) is 6.42 Å². The topological polar surface area (TPSA) is 64.4 Å². The molecule has 0 unspecified atom stereocenters. The van der Waals surface area contributed by atoms with Gasteiger partial charge >= 0.3 is 6.61 Å². The molecule has 17 heavy (non-hydrogen) atoms. The van der Waals surface area contributed by atoms with Gasteiger partial charge in [0.05, 0.1) is 11.7 Å². The molecule has 0 aliphatic heterocycles. The second-order valence-corrected chi connectivity index (χ2v) is 3.38. The zero-order chi connectivity index (χ0) is 12.8. The Balaban J connectivity index is 2.79. The van der Waals surface area contributed by atoms with Crippen LogP contribution in [0.3, 0.4) is 0 Å². The number of para-hydroxylation sites is 2. The number of benzene rings is 1. The zero-order valence-electron chi connectivity index (χ0n) is 9.32. The molecule has 1 rings (SSSR count). The van der Waals surface area contributed by atoms with Crippen LogP contribution in [0.4, 0.5) is 14.5 Å². The molecule has 1 amide bonds. The largest absolute Gasteiger partial charge is 0.433 e. The smallest absolute Gasteiger partial charge is 0.387 e. The van der Waals surface area contributed by atoms with E-state index in [2.05, 4.69) is 10.1 Å². The molecule has 0 heterocycles. The Kier molecular flexibility index (Phi) is 4.84. The molecular formula is C11H14F2N2O2. The highest BCUT2D eigenvalue weighted by molar-refractivity contribution is 5.95. The molecule has 4 nitrogen and oxygen atoms in total. The van der Waals surface area contributed by atoms with Crippen LogP contribution in [0, 0.1) is 0 Å². The van der Waals surface area contributed by atoms with Gasteiger partial charge in [0.2, 0.25) is 5.91 Å². The van der Waals surface area contributed by atoms with Crippen molar-refractivity contribution in [1.29, 1.82) is 0 Å². The van der Waals surface area contributed by atoms with Crippen molar-refractivity contribution in [2.75, 3.05) is 5.32 Å². The highest BCUT2D eigenvalue weighted by Gasteiger charge is 2.15. The number of hydrogen-bond acceptors (Lipinski definition) is 3. The Hall–Kier alpha value is -1.69. The van der Waals surface area contributed by atoms with Crippen LogP contribution >= 0.6 is 0 Å². The van der Waals surface area contributed by atoms with Crippen LogP contribution in [-0.2, 0) is 4.79 Å². The summed E-state index contributed by atoms with van der Waals surface area (Å²) < 4.78 is 28.5. The molecule has 0 fully saturated rings. The van der Waals surface area contributed by atoms with Crippen LogP contribution in [-0.4, -0.2) is 18.6 Å². The number of nitrogens with two attached hydrogens (primary N) is 1. The van der Waals surface area contributed by atoms with Crippen molar-refractivity contribution < 1.29 is 18.3 Å². The van der Waals surface area contributed by atoms with Gasteiger partial charge in [0.25, 0.3) is 0 Å². The number of carbonyl (C=O) groups is 1. The molecule has 0 radical (unpaired) electrons. The van der Waals surface area contributed by atoms with E-state index in [1.54, 1.807) is 13.0 Å². The summed E-state index contributed by atoms with van der Waals surface area (Å²) >= 11 is 0. The SMILES string of the molecule is CC[C@H](N)C(=O)Nc1ccccc1OC(F)F. The predicted octanol–water partition coefficient (Wildman–Crippen LogP) is 1.96.